The van der Waals surface area contributed by atoms with Crippen LogP contribution in [0.3, 0.4) is 0 Å². The zero-order valence-corrected chi connectivity index (χ0v) is 14.3. The van der Waals surface area contributed by atoms with E-state index in [9.17, 15) is 4.79 Å². The maximum Gasteiger partial charge on any atom is 0.340 e. The first-order valence-corrected chi connectivity index (χ1v) is 7.94. The Morgan fingerprint density at radius 3 is 2.62 bits per heavy atom. The molecular weight excluding hydrogens is 349 g/mol. The number of nitrogens with zero attached hydrogens (tertiary/aromatic N) is 1. The van der Waals surface area contributed by atoms with Gasteiger partial charge in [-0.05, 0) is 31.2 Å². The topological polar surface area (TPSA) is 52.3 Å². The van der Waals surface area contributed by atoms with E-state index in [2.05, 4.69) is 4.98 Å². The van der Waals surface area contributed by atoms with Gasteiger partial charge >= 0.3 is 5.97 Å². The smallest absolute Gasteiger partial charge is 0.340 e. The van der Waals surface area contributed by atoms with Crippen molar-refractivity contribution < 1.29 is 13.9 Å². The Morgan fingerprint density at radius 2 is 1.88 bits per heavy atom. The lowest BCUT2D eigenvalue weighted by molar-refractivity contribution is 0.0467. The molecule has 6 heteroatoms. The lowest BCUT2D eigenvalue weighted by atomic mass is 10.2. The number of aryl methyl sites for hydroxylation is 1. The van der Waals surface area contributed by atoms with E-state index in [4.69, 9.17) is 32.4 Å². The Balaban J connectivity index is 1.74. The summed E-state index contributed by atoms with van der Waals surface area (Å²) in [5.74, 6) is 0.518. The van der Waals surface area contributed by atoms with Crippen molar-refractivity contribution in [2.45, 2.75) is 13.5 Å². The summed E-state index contributed by atoms with van der Waals surface area (Å²) in [6.07, 6.45) is 0. The normalized spacial score (nSPS) is 10.6. The number of oxazole rings is 1. The lowest BCUT2D eigenvalue weighted by Gasteiger charge is -2.05. The minimum Gasteiger partial charge on any atom is -0.455 e. The maximum atomic E-state index is 12.2. The molecule has 3 aromatic rings. The molecule has 0 aliphatic carbocycles. The van der Waals surface area contributed by atoms with Crippen molar-refractivity contribution in [1.29, 1.82) is 0 Å². The molecule has 24 heavy (non-hydrogen) atoms. The quantitative estimate of drug-likeness (QED) is 0.590. The van der Waals surface area contributed by atoms with Gasteiger partial charge < -0.3 is 9.15 Å². The van der Waals surface area contributed by atoms with Crippen LogP contribution >= 0.6 is 23.2 Å². The first kappa shape index (κ1) is 16.6. The van der Waals surface area contributed by atoms with Crippen LogP contribution in [0.1, 0.15) is 21.8 Å². The van der Waals surface area contributed by atoms with Crippen LogP contribution in [0.4, 0.5) is 0 Å². The van der Waals surface area contributed by atoms with Gasteiger partial charge in [0, 0.05) is 5.56 Å². The summed E-state index contributed by atoms with van der Waals surface area (Å²) < 4.78 is 10.9. The van der Waals surface area contributed by atoms with Crippen LogP contribution in [-0.4, -0.2) is 11.0 Å². The summed E-state index contributed by atoms with van der Waals surface area (Å²) in [6, 6.07) is 14.3. The molecule has 0 aliphatic heterocycles. The van der Waals surface area contributed by atoms with E-state index >= 15 is 0 Å². The SMILES string of the molecule is Cc1oc(-c2ccccc2)nc1COC(=O)c1cccc(Cl)c1Cl. The molecule has 0 unspecified atom stereocenters. The minimum absolute atomic E-state index is 0.0101. The second kappa shape index (κ2) is 7.07. The summed E-state index contributed by atoms with van der Waals surface area (Å²) in [5.41, 5.74) is 1.63. The molecule has 4 nitrogen and oxygen atoms in total. The number of aromatic nitrogens is 1. The first-order valence-electron chi connectivity index (χ1n) is 7.19. The number of carbonyl (C=O) groups excluding carboxylic acids is 1. The van der Waals surface area contributed by atoms with Crippen molar-refractivity contribution in [3.8, 4) is 11.5 Å². The molecule has 1 heterocycles. The highest BCUT2D eigenvalue weighted by molar-refractivity contribution is 6.43. The Labute approximate surface area is 149 Å². The predicted octanol–water partition coefficient (Wildman–Crippen LogP) is 5.31. The van der Waals surface area contributed by atoms with Crippen molar-refractivity contribution in [2.75, 3.05) is 0 Å². The molecule has 2 aromatic carbocycles. The molecule has 0 atom stereocenters. The third-order valence-corrected chi connectivity index (χ3v) is 4.24. The van der Waals surface area contributed by atoms with Gasteiger partial charge in [-0.3, -0.25) is 0 Å². The third kappa shape index (κ3) is 3.45. The van der Waals surface area contributed by atoms with Gasteiger partial charge in [-0.2, -0.15) is 0 Å². The van der Waals surface area contributed by atoms with E-state index in [1.165, 1.54) is 0 Å². The van der Waals surface area contributed by atoms with Gasteiger partial charge in [-0.1, -0.05) is 47.5 Å². The van der Waals surface area contributed by atoms with Crippen molar-refractivity contribution in [1.82, 2.24) is 4.98 Å². The molecule has 0 saturated heterocycles. The fourth-order valence-electron chi connectivity index (χ4n) is 2.14. The molecule has 0 amide bonds. The zero-order valence-electron chi connectivity index (χ0n) is 12.8. The molecule has 0 saturated carbocycles. The molecule has 0 bridgehead atoms. The molecule has 3 rings (SSSR count). The van der Waals surface area contributed by atoms with Crippen LogP contribution in [0, 0.1) is 6.92 Å². The Kier molecular flexibility index (Phi) is 4.88. The zero-order chi connectivity index (χ0) is 17.1. The summed E-state index contributed by atoms with van der Waals surface area (Å²) in [4.78, 5) is 16.5. The van der Waals surface area contributed by atoms with Gasteiger partial charge in [0.05, 0.1) is 15.6 Å². The monoisotopic (exact) mass is 361 g/mol. The summed E-state index contributed by atoms with van der Waals surface area (Å²) in [7, 11) is 0. The van der Waals surface area contributed by atoms with Gasteiger partial charge in [-0.15, -0.1) is 0 Å². The van der Waals surface area contributed by atoms with Crippen LogP contribution in [0.2, 0.25) is 10.0 Å². The maximum absolute atomic E-state index is 12.2. The fourth-order valence-corrected chi connectivity index (χ4v) is 2.52. The highest BCUT2D eigenvalue weighted by atomic mass is 35.5. The Bertz CT molecular complexity index is 875. The first-order chi connectivity index (χ1) is 11.6. The average molecular weight is 362 g/mol. The van der Waals surface area contributed by atoms with E-state index in [0.29, 0.717) is 22.4 Å². The molecule has 0 fully saturated rings. The number of halogens is 2. The molecule has 0 radical (unpaired) electrons. The van der Waals surface area contributed by atoms with Crippen LogP contribution in [-0.2, 0) is 11.3 Å². The average Bonchev–Trinajstić information content (AvgIpc) is 2.97. The van der Waals surface area contributed by atoms with E-state index in [-0.39, 0.29) is 17.2 Å². The van der Waals surface area contributed by atoms with Gasteiger partial charge in [0.1, 0.15) is 18.1 Å². The van der Waals surface area contributed by atoms with Gasteiger partial charge in [-0.25, -0.2) is 9.78 Å². The molecule has 0 N–H and O–H groups in total. The molecular formula is C18H13Cl2NO3. The van der Waals surface area contributed by atoms with Gasteiger partial charge in [0.2, 0.25) is 5.89 Å². The standard InChI is InChI=1S/C18H13Cl2NO3/c1-11-15(21-17(24-11)12-6-3-2-4-7-12)10-23-18(22)13-8-5-9-14(19)16(13)20/h2-9H,10H2,1H3. The van der Waals surface area contributed by atoms with E-state index < -0.39 is 5.97 Å². The molecule has 0 spiro atoms. The van der Waals surface area contributed by atoms with Crippen LogP contribution in [0.25, 0.3) is 11.5 Å². The molecule has 0 aliphatic rings. The number of rotatable bonds is 4. The highest BCUT2D eigenvalue weighted by Crippen LogP contribution is 2.27. The van der Waals surface area contributed by atoms with Crippen molar-refractivity contribution in [3.05, 3.63) is 75.6 Å². The van der Waals surface area contributed by atoms with Crippen LogP contribution < -0.4 is 0 Å². The molecule has 1 aromatic heterocycles. The summed E-state index contributed by atoms with van der Waals surface area (Å²) >= 11 is 11.9. The number of benzene rings is 2. The van der Waals surface area contributed by atoms with Crippen LogP contribution in [0.15, 0.2) is 52.9 Å². The highest BCUT2D eigenvalue weighted by Gasteiger charge is 2.17. The Morgan fingerprint density at radius 1 is 1.12 bits per heavy atom. The van der Waals surface area contributed by atoms with E-state index in [1.54, 1.807) is 25.1 Å². The van der Waals surface area contributed by atoms with E-state index in [1.807, 2.05) is 30.3 Å². The second-order valence-electron chi connectivity index (χ2n) is 5.07. The largest absolute Gasteiger partial charge is 0.455 e. The van der Waals surface area contributed by atoms with Crippen molar-refractivity contribution >= 4 is 29.2 Å². The lowest BCUT2D eigenvalue weighted by Crippen LogP contribution is -2.07. The Hall–Kier alpha value is -2.30. The van der Waals surface area contributed by atoms with Gasteiger partial charge in [0.25, 0.3) is 0 Å². The van der Waals surface area contributed by atoms with Crippen LogP contribution in [0.5, 0.6) is 0 Å². The predicted molar refractivity (Wildman–Crippen MR) is 92.3 cm³/mol. The van der Waals surface area contributed by atoms with E-state index in [0.717, 1.165) is 5.56 Å². The number of hydrogen-bond acceptors (Lipinski definition) is 4. The molecule has 122 valence electrons. The minimum atomic E-state index is -0.564. The summed E-state index contributed by atoms with van der Waals surface area (Å²) in [6.45, 7) is 1.76. The second-order valence-corrected chi connectivity index (χ2v) is 5.85. The number of carbonyl (C=O) groups is 1. The van der Waals surface area contributed by atoms with Gasteiger partial charge in [0.15, 0.2) is 0 Å². The summed E-state index contributed by atoms with van der Waals surface area (Å²) in [5, 5.41) is 0.473. The fraction of sp³-hybridized carbons (Fsp3) is 0.111. The third-order valence-electron chi connectivity index (χ3n) is 3.42. The number of ether oxygens (including phenoxy) is 1. The number of hydrogen-bond donors (Lipinski definition) is 0. The van der Waals surface area contributed by atoms with Crippen molar-refractivity contribution in [2.24, 2.45) is 0 Å². The van der Waals surface area contributed by atoms with Crippen molar-refractivity contribution in [3.63, 3.8) is 0 Å². The number of esters is 1.